The van der Waals surface area contributed by atoms with Gasteiger partial charge in [0.25, 0.3) is 0 Å². The molecule has 110 valence electrons. The Hall–Kier alpha value is -2.21. The lowest BCUT2D eigenvalue weighted by atomic mass is 10.2. The fourth-order valence-electron chi connectivity index (χ4n) is 1.77. The minimum atomic E-state index is -0.960. The smallest absolute Gasteiger partial charge is 0.335 e. The molecule has 0 radical (unpaired) electrons. The topological polar surface area (TPSA) is 68.7 Å². The van der Waals surface area contributed by atoms with Gasteiger partial charge in [0.05, 0.1) is 24.8 Å². The normalized spacial score (nSPS) is 10.2. The van der Waals surface area contributed by atoms with Crippen molar-refractivity contribution in [1.29, 1.82) is 0 Å². The minimum Gasteiger partial charge on any atom is -0.497 e. The molecule has 2 aromatic rings. The number of aromatic carboxylic acids is 1. The van der Waals surface area contributed by atoms with E-state index < -0.39 is 5.97 Å². The molecule has 0 atom stereocenters. The van der Waals surface area contributed by atoms with E-state index in [0.717, 1.165) is 17.1 Å². The fraction of sp³-hybridized carbons (Fsp3) is 0.200. The summed E-state index contributed by atoms with van der Waals surface area (Å²) in [5.41, 5.74) is 1.19. The maximum atomic E-state index is 10.9. The molecule has 0 unspecified atom stereocenters. The molecule has 1 N–H and O–H groups in total. The van der Waals surface area contributed by atoms with Gasteiger partial charge in [-0.15, -0.1) is 11.8 Å². The fourth-order valence-corrected chi connectivity index (χ4v) is 2.64. The second kappa shape index (κ2) is 6.99. The second-order valence-electron chi connectivity index (χ2n) is 4.15. The number of thioether (sulfide) groups is 1. The molecule has 2 rings (SSSR count). The highest BCUT2D eigenvalue weighted by molar-refractivity contribution is 7.98. The molecular weight excluding hydrogens is 290 g/mol. The molecule has 0 amide bonds. The van der Waals surface area contributed by atoms with Crippen LogP contribution in [-0.4, -0.2) is 30.3 Å². The number of carboxylic acids is 1. The summed E-state index contributed by atoms with van der Waals surface area (Å²) in [4.78, 5) is 15.1. The molecule has 0 aliphatic heterocycles. The molecule has 5 nitrogen and oxygen atoms in total. The van der Waals surface area contributed by atoms with Crippen molar-refractivity contribution in [2.45, 2.75) is 10.8 Å². The summed E-state index contributed by atoms with van der Waals surface area (Å²) in [6.45, 7) is 0. The molecule has 0 saturated heterocycles. The zero-order valence-corrected chi connectivity index (χ0v) is 12.5. The highest BCUT2D eigenvalue weighted by atomic mass is 32.2. The zero-order valence-electron chi connectivity index (χ0n) is 11.7. The van der Waals surface area contributed by atoms with E-state index in [1.54, 1.807) is 20.3 Å². The van der Waals surface area contributed by atoms with E-state index in [1.165, 1.54) is 24.0 Å². The van der Waals surface area contributed by atoms with Crippen molar-refractivity contribution in [1.82, 2.24) is 4.98 Å². The van der Waals surface area contributed by atoms with Gasteiger partial charge in [-0.3, -0.25) is 0 Å². The quantitative estimate of drug-likeness (QED) is 0.827. The van der Waals surface area contributed by atoms with Crippen LogP contribution in [0.3, 0.4) is 0 Å². The largest absolute Gasteiger partial charge is 0.497 e. The van der Waals surface area contributed by atoms with Crippen molar-refractivity contribution >= 4 is 17.7 Å². The molecule has 21 heavy (non-hydrogen) atoms. The van der Waals surface area contributed by atoms with E-state index in [0.29, 0.717) is 10.8 Å². The first-order valence-corrected chi connectivity index (χ1v) is 7.15. The first kappa shape index (κ1) is 15.2. The van der Waals surface area contributed by atoms with Gasteiger partial charge in [0.2, 0.25) is 0 Å². The molecular formula is C15H15NO4S. The van der Waals surface area contributed by atoms with E-state index >= 15 is 0 Å². The van der Waals surface area contributed by atoms with Crippen LogP contribution in [0, 0.1) is 0 Å². The van der Waals surface area contributed by atoms with Crippen LogP contribution in [0.2, 0.25) is 0 Å². The van der Waals surface area contributed by atoms with Gasteiger partial charge in [-0.05, 0) is 30.3 Å². The summed E-state index contributed by atoms with van der Waals surface area (Å²) in [7, 11) is 3.22. The average Bonchev–Trinajstić information content (AvgIpc) is 2.52. The van der Waals surface area contributed by atoms with Crippen LogP contribution in [-0.2, 0) is 5.75 Å². The summed E-state index contributed by atoms with van der Waals surface area (Å²) in [5.74, 6) is 1.16. The van der Waals surface area contributed by atoms with Gasteiger partial charge in [0, 0.05) is 17.5 Å². The molecule has 0 bridgehead atoms. The number of rotatable bonds is 6. The predicted octanol–water partition coefficient (Wildman–Crippen LogP) is 3.09. The zero-order chi connectivity index (χ0) is 15.2. The summed E-state index contributed by atoms with van der Waals surface area (Å²) < 4.78 is 10.5. The van der Waals surface area contributed by atoms with E-state index in [9.17, 15) is 4.79 Å². The van der Waals surface area contributed by atoms with Crippen LogP contribution in [0.5, 0.6) is 11.5 Å². The monoisotopic (exact) mass is 305 g/mol. The van der Waals surface area contributed by atoms with Gasteiger partial charge in [-0.1, -0.05) is 0 Å². The number of aromatic nitrogens is 1. The van der Waals surface area contributed by atoms with Crippen molar-refractivity contribution < 1.29 is 19.4 Å². The van der Waals surface area contributed by atoms with Gasteiger partial charge in [-0.2, -0.15) is 0 Å². The van der Waals surface area contributed by atoms with Crippen molar-refractivity contribution in [2.24, 2.45) is 0 Å². The molecule has 1 heterocycles. The van der Waals surface area contributed by atoms with E-state index in [1.807, 2.05) is 18.2 Å². The highest BCUT2D eigenvalue weighted by Gasteiger charge is 2.08. The van der Waals surface area contributed by atoms with Crippen LogP contribution in [0.25, 0.3) is 0 Å². The first-order chi connectivity index (χ1) is 10.1. The second-order valence-corrected chi connectivity index (χ2v) is 5.15. The van der Waals surface area contributed by atoms with Gasteiger partial charge >= 0.3 is 5.97 Å². The Morgan fingerprint density at radius 2 is 2.05 bits per heavy atom. The Morgan fingerprint density at radius 1 is 1.24 bits per heavy atom. The number of pyridine rings is 1. The molecule has 1 aromatic heterocycles. The minimum absolute atomic E-state index is 0.227. The Labute approximate surface area is 126 Å². The van der Waals surface area contributed by atoms with Crippen molar-refractivity contribution in [3.63, 3.8) is 0 Å². The third-order valence-electron chi connectivity index (χ3n) is 2.84. The maximum Gasteiger partial charge on any atom is 0.335 e. The molecule has 0 aliphatic rings. The first-order valence-electron chi connectivity index (χ1n) is 6.17. The number of hydrogen-bond acceptors (Lipinski definition) is 5. The number of carboxylic acid groups (broad SMARTS) is 1. The lowest BCUT2D eigenvalue weighted by Crippen LogP contribution is -1.97. The number of methoxy groups -OCH3 is 2. The van der Waals surface area contributed by atoms with E-state index in [2.05, 4.69) is 4.98 Å². The maximum absolute atomic E-state index is 10.9. The summed E-state index contributed by atoms with van der Waals surface area (Å²) >= 11 is 1.44. The molecule has 0 fully saturated rings. The molecule has 0 spiro atoms. The number of benzene rings is 1. The lowest BCUT2D eigenvalue weighted by molar-refractivity contribution is 0.0696. The molecule has 0 saturated carbocycles. The molecule has 1 aromatic carbocycles. The van der Waals surface area contributed by atoms with Crippen LogP contribution in [0.15, 0.2) is 41.6 Å². The van der Waals surface area contributed by atoms with Crippen LogP contribution >= 0.6 is 11.8 Å². The standard InChI is InChI=1S/C15H15NO4S/c1-19-12-3-4-13(20-2)11(7-12)9-21-14-8-10(15(17)18)5-6-16-14/h3-8H,9H2,1-2H3,(H,17,18). The number of carbonyl (C=O) groups is 1. The summed E-state index contributed by atoms with van der Waals surface area (Å²) in [5, 5.41) is 9.62. The van der Waals surface area contributed by atoms with Crippen molar-refractivity contribution in [2.75, 3.05) is 14.2 Å². The molecule has 0 aliphatic carbocycles. The third kappa shape index (κ3) is 3.88. The highest BCUT2D eigenvalue weighted by Crippen LogP contribution is 2.30. The third-order valence-corrected chi connectivity index (χ3v) is 3.82. The Bertz CT molecular complexity index is 645. The van der Waals surface area contributed by atoms with Crippen molar-refractivity contribution in [3.8, 4) is 11.5 Å². The average molecular weight is 305 g/mol. The van der Waals surface area contributed by atoms with Crippen LogP contribution < -0.4 is 9.47 Å². The molecule has 6 heteroatoms. The lowest BCUT2D eigenvalue weighted by Gasteiger charge is -2.10. The van der Waals surface area contributed by atoms with Gasteiger partial charge in [0.1, 0.15) is 11.5 Å². The van der Waals surface area contributed by atoms with Crippen LogP contribution in [0.4, 0.5) is 0 Å². The van der Waals surface area contributed by atoms with Gasteiger partial charge < -0.3 is 14.6 Å². The van der Waals surface area contributed by atoms with Gasteiger partial charge in [-0.25, -0.2) is 9.78 Å². The Morgan fingerprint density at radius 3 is 2.71 bits per heavy atom. The summed E-state index contributed by atoms with van der Waals surface area (Å²) in [6, 6.07) is 8.59. The van der Waals surface area contributed by atoms with E-state index in [4.69, 9.17) is 14.6 Å². The number of ether oxygens (including phenoxy) is 2. The Balaban J connectivity index is 2.15. The Kier molecular flexibility index (Phi) is 5.05. The van der Waals surface area contributed by atoms with Gasteiger partial charge in [0.15, 0.2) is 0 Å². The van der Waals surface area contributed by atoms with Crippen molar-refractivity contribution in [3.05, 3.63) is 47.7 Å². The number of hydrogen-bond donors (Lipinski definition) is 1. The van der Waals surface area contributed by atoms with Crippen LogP contribution in [0.1, 0.15) is 15.9 Å². The predicted molar refractivity (Wildman–Crippen MR) is 80.3 cm³/mol. The van der Waals surface area contributed by atoms with E-state index in [-0.39, 0.29) is 5.56 Å². The summed E-state index contributed by atoms with van der Waals surface area (Å²) in [6.07, 6.45) is 1.49. The SMILES string of the molecule is COc1ccc(OC)c(CSc2cc(C(=O)O)ccn2)c1. The number of nitrogens with zero attached hydrogens (tertiary/aromatic N) is 1.